The van der Waals surface area contributed by atoms with Gasteiger partial charge in [-0.3, -0.25) is 19.9 Å². The third-order valence-corrected chi connectivity index (χ3v) is 5.89. The molecule has 1 aliphatic heterocycles. The van der Waals surface area contributed by atoms with Gasteiger partial charge < -0.3 is 10.1 Å². The molecule has 2 N–H and O–H groups in total. The highest BCUT2D eigenvalue weighted by Gasteiger charge is 2.45. The number of amides is 2. The molecule has 0 unspecified atom stereocenters. The zero-order valence-electron chi connectivity index (χ0n) is 17.9. The molecule has 1 saturated heterocycles. The number of halogens is 2. The Bertz CT molecular complexity index is 1230. The van der Waals surface area contributed by atoms with Crippen molar-refractivity contribution in [2.45, 2.75) is 12.5 Å². The van der Waals surface area contributed by atoms with Crippen molar-refractivity contribution in [2.75, 3.05) is 22.8 Å². The molecular weight excluding hydrogens is 497 g/mol. The van der Waals surface area contributed by atoms with Gasteiger partial charge in [0.1, 0.15) is 11.8 Å². The van der Waals surface area contributed by atoms with Crippen LogP contribution in [0.1, 0.15) is 6.42 Å². The molecule has 0 saturated carbocycles. The summed E-state index contributed by atoms with van der Waals surface area (Å²) in [6.45, 7) is 0. The van der Waals surface area contributed by atoms with E-state index in [1.54, 1.807) is 55.6 Å². The maximum atomic E-state index is 13.5. The number of hydrogen-bond acceptors (Lipinski definition) is 6. The van der Waals surface area contributed by atoms with Crippen LogP contribution in [-0.2, 0) is 9.59 Å². The van der Waals surface area contributed by atoms with E-state index in [-0.39, 0.29) is 34.2 Å². The second-order valence-corrected chi connectivity index (χ2v) is 8.46. The van der Waals surface area contributed by atoms with E-state index in [2.05, 4.69) is 15.7 Å². The molecule has 1 aromatic heterocycles. The van der Waals surface area contributed by atoms with Crippen molar-refractivity contribution < 1.29 is 14.3 Å². The van der Waals surface area contributed by atoms with Crippen molar-refractivity contribution in [3.05, 3.63) is 76.9 Å². The number of benzene rings is 2. The number of hydrazine groups is 1. The third kappa shape index (κ3) is 5.06. The number of hydrogen-bond donors (Lipinski definition) is 2. The van der Waals surface area contributed by atoms with Crippen LogP contribution < -0.4 is 20.4 Å². The van der Waals surface area contributed by atoms with Gasteiger partial charge in [-0.2, -0.15) is 0 Å². The molecule has 11 heteroatoms. The van der Waals surface area contributed by atoms with E-state index in [0.29, 0.717) is 22.1 Å². The minimum Gasteiger partial charge on any atom is -0.497 e. The van der Waals surface area contributed by atoms with E-state index in [1.165, 1.54) is 22.2 Å². The second-order valence-electron chi connectivity index (χ2n) is 7.25. The van der Waals surface area contributed by atoms with Crippen LogP contribution in [0.4, 0.5) is 17.2 Å². The first kappa shape index (κ1) is 23.7. The van der Waals surface area contributed by atoms with Gasteiger partial charge in [0.15, 0.2) is 5.82 Å². The van der Waals surface area contributed by atoms with Crippen molar-refractivity contribution in [1.29, 1.82) is 0 Å². The fourth-order valence-electron chi connectivity index (χ4n) is 3.39. The standard InChI is InChI=1S/C23H19Cl2N5O3S/c1-33-17-9-7-16(8-10-17)29-22(32)19(12-20(31)27-15-5-3-2-4-6-15)30(23(29)34)28-21-18(25)11-14(24)13-26-21/h2-11,13,19H,12H2,1H3,(H,26,28)(H,27,31)/t19-/m1/s1. The predicted molar refractivity (Wildman–Crippen MR) is 136 cm³/mol. The van der Waals surface area contributed by atoms with Crippen LogP contribution in [0.25, 0.3) is 0 Å². The minimum absolute atomic E-state index is 0.139. The molecule has 0 radical (unpaired) electrons. The summed E-state index contributed by atoms with van der Waals surface area (Å²) in [5.74, 6) is 0.139. The first-order valence-corrected chi connectivity index (χ1v) is 11.3. The molecule has 4 rings (SSSR count). The van der Waals surface area contributed by atoms with Crippen molar-refractivity contribution in [2.24, 2.45) is 0 Å². The van der Waals surface area contributed by atoms with Gasteiger partial charge in [0.05, 0.1) is 29.3 Å². The lowest BCUT2D eigenvalue weighted by Crippen LogP contribution is -2.42. The van der Waals surface area contributed by atoms with E-state index in [9.17, 15) is 9.59 Å². The van der Waals surface area contributed by atoms with Gasteiger partial charge in [-0.15, -0.1) is 0 Å². The number of thiocarbonyl (C=S) groups is 1. The van der Waals surface area contributed by atoms with Gasteiger partial charge in [0.25, 0.3) is 5.91 Å². The summed E-state index contributed by atoms with van der Waals surface area (Å²) in [5, 5.41) is 4.93. The average Bonchev–Trinajstić information content (AvgIpc) is 3.05. The number of rotatable bonds is 7. The summed E-state index contributed by atoms with van der Waals surface area (Å²) in [6, 6.07) is 16.4. The van der Waals surface area contributed by atoms with Crippen LogP contribution in [0.15, 0.2) is 66.9 Å². The Morgan fingerprint density at radius 2 is 1.85 bits per heavy atom. The van der Waals surface area contributed by atoms with Gasteiger partial charge in [0.2, 0.25) is 11.0 Å². The number of ether oxygens (including phenoxy) is 1. The highest BCUT2D eigenvalue weighted by atomic mass is 35.5. The number of nitrogens with zero attached hydrogens (tertiary/aromatic N) is 3. The first-order chi connectivity index (χ1) is 16.4. The Balaban J connectivity index is 1.63. The molecular formula is C23H19Cl2N5O3S. The molecule has 1 atom stereocenters. The maximum absolute atomic E-state index is 13.5. The van der Waals surface area contributed by atoms with E-state index in [4.69, 9.17) is 40.2 Å². The summed E-state index contributed by atoms with van der Waals surface area (Å²) < 4.78 is 5.19. The lowest BCUT2D eigenvalue weighted by molar-refractivity contribution is -0.124. The van der Waals surface area contributed by atoms with E-state index < -0.39 is 6.04 Å². The summed E-state index contributed by atoms with van der Waals surface area (Å²) in [4.78, 5) is 31.8. The van der Waals surface area contributed by atoms with Crippen molar-refractivity contribution in [1.82, 2.24) is 9.99 Å². The molecule has 8 nitrogen and oxygen atoms in total. The fraction of sp³-hybridized carbons (Fsp3) is 0.130. The third-order valence-electron chi connectivity index (χ3n) is 5.02. The number of anilines is 3. The lowest BCUT2D eigenvalue weighted by Gasteiger charge is -2.25. The van der Waals surface area contributed by atoms with Crippen LogP contribution in [0.3, 0.4) is 0 Å². The molecule has 1 fully saturated rings. The van der Waals surface area contributed by atoms with Gasteiger partial charge in [0, 0.05) is 11.9 Å². The topological polar surface area (TPSA) is 86.8 Å². The van der Waals surface area contributed by atoms with Crippen LogP contribution in [0, 0.1) is 0 Å². The molecule has 0 aliphatic carbocycles. The fourth-order valence-corrected chi connectivity index (χ4v) is 4.18. The zero-order chi connectivity index (χ0) is 24.2. The predicted octanol–water partition coefficient (Wildman–Crippen LogP) is 4.76. The Kier molecular flexibility index (Phi) is 7.16. The molecule has 2 amide bonds. The van der Waals surface area contributed by atoms with Gasteiger partial charge in [-0.05, 0) is 54.7 Å². The summed E-state index contributed by atoms with van der Waals surface area (Å²) in [6.07, 6.45) is 1.24. The number of carbonyl (C=O) groups is 2. The SMILES string of the molecule is COc1ccc(N2C(=O)[C@@H](CC(=O)Nc3ccccc3)N(Nc3ncc(Cl)cc3Cl)C2=S)cc1. The van der Waals surface area contributed by atoms with Crippen LogP contribution in [0.2, 0.25) is 10.0 Å². The maximum Gasteiger partial charge on any atom is 0.258 e. The van der Waals surface area contributed by atoms with E-state index >= 15 is 0 Å². The summed E-state index contributed by atoms with van der Waals surface area (Å²) in [7, 11) is 1.55. The molecule has 34 heavy (non-hydrogen) atoms. The van der Waals surface area contributed by atoms with E-state index in [1.807, 2.05) is 6.07 Å². The quantitative estimate of drug-likeness (QED) is 0.438. The minimum atomic E-state index is -0.952. The van der Waals surface area contributed by atoms with Crippen molar-refractivity contribution >= 4 is 69.5 Å². The highest BCUT2D eigenvalue weighted by molar-refractivity contribution is 7.80. The number of nitrogens with one attached hydrogen (secondary N) is 2. The monoisotopic (exact) mass is 515 g/mol. The smallest absolute Gasteiger partial charge is 0.258 e. The molecule has 3 aromatic rings. The number of aromatic nitrogens is 1. The largest absolute Gasteiger partial charge is 0.497 e. The molecule has 0 bridgehead atoms. The van der Waals surface area contributed by atoms with Gasteiger partial charge in [-0.25, -0.2) is 9.99 Å². The van der Waals surface area contributed by atoms with Gasteiger partial charge >= 0.3 is 0 Å². The molecule has 0 spiro atoms. The molecule has 1 aliphatic rings. The number of carbonyl (C=O) groups excluding carboxylic acids is 2. The Labute approximate surface area is 211 Å². The Morgan fingerprint density at radius 3 is 2.50 bits per heavy atom. The van der Waals surface area contributed by atoms with E-state index in [0.717, 1.165) is 0 Å². The van der Waals surface area contributed by atoms with Crippen LogP contribution in [0.5, 0.6) is 5.75 Å². The normalized spacial score (nSPS) is 15.4. The Morgan fingerprint density at radius 1 is 1.15 bits per heavy atom. The van der Waals surface area contributed by atoms with Crippen molar-refractivity contribution in [3.8, 4) is 5.75 Å². The average molecular weight is 516 g/mol. The number of para-hydroxylation sites is 1. The van der Waals surface area contributed by atoms with Crippen LogP contribution >= 0.6 is 35.4 Å². The summed E-state index contributed by atoms with van der Waals surface area (Å²) in [5.41, 5.74) is 4.13. The Hall–Kier alpha value is -3.40. The first-order valence-electron chi connectivity index (χ1n) is 10.1. The van der Waals surface area contributed by atoms with Crippen LogP contribution in [-0.4, -0.2) is 40.1 Å². The van der Waals surface area contributed by atoms with Crippen molar-refractivity contribution in [3.63, 3.8) is 0 Å². The second kappa shape index (κ2) is 10.3. The van der Waals surface area contributed by atoms with Gasteiger partial charge in [-0.1, -0.05) is 41.4 Å². The number of methoxy groups -OCH3 is 1. The highest BCUT2D eigenvalue weighted by Crippen LogP contribution is 2.31. The lowest BCUT2D eigenvalue weighted by atomic mass is 10.1. The zero-order valence-corrected chi connectivity index (χ0v) is 20.2. The molecule has 2 heterocycles. The molecule has 174 valence electrons. The molecule has 2 aromatic carbocycles. The number of pyridine rings is 1. The summed E-state index contributed by atoms with van der Waals surface area (Å²) >= 11 is 17.8.